The zero-order valence-corrected chi connectivity index (χ0v) is 14.2. The SMILES string of the molecule is C[C@@H]1C[C@H](C)CN(Cc2c([C@@H]3CCCO3)[nH]c3ncccc23)C1. The van der Waals surface area contributed by atoms with E-state index in [1.54, 1.807) is 0 Å². The molecule has 0 aliphatic carbocycles. The lowest BCUT2D eigenvalue weighted by Crippen LogP contribution is -2.38. The Morgan fingerprint density at radius 2 is 2.13 bits per heavy atom. The van der Waals surface area contributed by atoms with Gasteiger partial charge < -0.3 is 9.72 Å². The van der Waals surface area contributed by atoms with E-state index in [2.05, 4.69) is 34.8 Å². The molecule has 0 amide bonds. The van der Waals surface area contributed by atoms with Crippen molar-refractivity contribution in [3.8, 4) is 0 Å². The smallest absolute Gasteiger partial charge is 0.137 e. The molecule has 0 unspecified atom stereocenters. The zero-order valence-electron chi connectivity index (χ0n) is 14.2. The molecule has 2 fully saturated rings. The lowest BCUT2D eigenvalue weighted by Gasteiger charge is -2.35. The standard InChI is InChI=1S/C19H27N3O/c1-13-9-14(2)11-22(10-13)12-16-15-5-3-7-20-19(15)21-18(16)17-6-4-8-23-17/h3,5,7,13-14,17H,4,6,8-12H2,1-2H3,(H,20,21)/t13-,14+,17-/m0/s1. The number of aromatic nitrogens is 2. The number of fused-ring (bicyclic) bond motifs is 1. The van der Waals surface area contributed by atoms with Crippen molar-refractivity contribution in [1.82, 2.24) is 14.9 Å². The molecule has 0 aromatic carbocycles. The number of nitrogens with zero attached hydrogens (tertiary/aromatic N) is 2. The van der Waals surface area contributed by atoms with Crippen molar-refractivity contribution in [3.63, 3.8) is 0 Å². The lowest BCUT2D eigenvalue weighted by molar-refractivity contribution is 0.105. The predicted octanol–water partition coefficient (Wildman–Crippen LogP) is 3.89. The Labute approximate surface area is 138 Å². The molecule has 3 atom stereocenters. The molecule has 0 saturated carbocycles. The Bertz CT molecular complexity index is 664. The Hall–Kier alpha value is -1.39. The van der Waals surface area contributed by atoms with Gasteiger partial charge in [-0.1, -0.05) is 13.8 Å². The van der Waals surface area contributed by atoms with E-state index >= 15 is 0 Å². The molecule has 2 aliphatic rings. The quantitative estimate of drug-likeness (QED) is 0.934. The largest absolute Gasteiger partial charge is 0.372 e. The van der Waals surface area contributed by atoms with Gasteiger partial charge >= 0.3 is 0 Å². The third kappa shape index (κ3) is 3.02. The Morgan fingerprint density at radius 3 is 2.87 bits per heavy atom. The molecular weight excluding hydrogens is 286 g/mol. The van der Waals surface area contributed by atoms with Crippen molar-refractivity contribution in [2.24, 2.45) is 11.8 Å². The van der Waals surface area contributed by atoms with Gasteiger partial charge in [-0.05, 0) is 48.8 Å². The molecule has 4 nitrogen and oxygen atoms in total. The normalized spacial score (nSPS) is 29.4. The molecule has 0 bridgehead atoms. The number of pyridine rings is 1. The number of piperidine rings is 1. The van der Waals surface area contributed by atoms with E-state index < -0.39 is 0 Å². The fourth-order valence-corrected chi connectivity index (χ4v) is 4.49. The van der Waals surface area contributed by atoms with Gasteiger partial charge in [-0.2, -0.15) is 0 Å². The van der Waals surface area contributed by atoms with Crippen LogP contribution in [0.4, 0.5) is 0 Å². The maximum Gasteiger partial charge on any atom is 0.137 e. The van der Waals surface area contributed by atoms with Crippen LogP contribution in [0.15, 0.2) is 18.3 Å². The summed E-state index contributed by atoms with van der Waals surface area (Å²) in [5, 5.41) is 1.27. The van der Waals surface area contributed by atoms with Crippen LogP contribution in [-0.4, -0.2) is 34.6 Å². The van der Waals surface area contributed by atoms with Crippen LogP contribution in [0, 0.1) is 11.8 Å². The van der Waals surface area contributed by atoms with Gasteiger partial charge in [0.25, 0.3) is 0 Å². The van der Waals surface area contributed by atoms with E-state index in [-0.39, 0.29) is 6.10 Å². The number of ether oxygens (including phenoxy) is 1. The van der Waals surface area contributed by atoms with Crippen LogP contribution >= 0.6 is 0 Å². The molecule has 4 rings (SSSR count). The second-order valence-electron chi connectivity index (χ2n) is 7.56. The summed E-state index contributed by atoms with van der Waals surface area (Å²) in [4.78, 5) is 10.7. The average Bonchev–Trinajstić information content (AvgIpc) is 3.14. The minimum atomic E-state index is 0.221. The van der Waals surface area contributed by atoms with E-state index in [9.17, 15) is 0 Å². The van der Waals surface area contributed by atoms with Gasteiger partial charge in [0.15, 0.2) is 0 Å². The molecule has 2 aromatic rings. The maximum absolute atomic E-state index is 5.96. The molecule has 0 spiro atoms. The molecule has 2 aromatic heterocycles. The first-order chi connectivity index (χ1) is 11.2. The highest BCUT2D eigenvalue weighted by molar-refractivity contribution is 5.81. The van der Waals surface area contributed by atoms with Crippen molar-refractivity contribution in [2.75, 3.05) is 19.7 Å². The van der Waals surface area contributed by atoms with Gasteiger partial charge in [0, 0.05) is 37.8 Å². The van der Waals surface area contributed by atoms with Crippen LogP contribution < -0.4 is 0 Å². The van der Waals surface area contributed by atoms with Crippen LogP contribution in [0.5, 0.6) is 0 Å². The third-order valence-electron chi connectivity index (χ3n) is 5.29. The van der Waals surface area contributed by atoms with Crippen LogP contribution in [0.3, 0.4) is 0 Å². The summed E-state index contributed by atoms with van der Waals surface area (Å²) < 4.78 is 5.96. The Balaban J connectivity index is 1.68. The van der Waals surface area contributed by atoms with Crippen LogP contribution in [-0.2, 0) is 11.3 Å². The van der Waals surface area contributed by atoms with Crippen molar-refractivity contribution in [2.45, 2.75) is 45.8 Å². The van der Waals surface area contributed by atoms with Crippen molar-refractivity contribution >= 4 is 11.0 Å². The Morgan fingerprint density at radius 1 is 1.30 bits per heavy atom. The molecule has 1 N–H and O–H groups in total. The highest BCUT2D eigenvalue weighted by atomic mass is 16.5. The first-order valence-corrected chi connectivity index (χ1v) is 9.00. The number of hydrogen-bond acceptors (Lipinski definition) is 3. The highest BCUT2D eigenvalue weighted by Crippen LogP contribution is 2.35. The summed E-state index contributed by atoms with van der Waals surface area (Å²) in [6, 6.07) is 4.24. The minimum absolute atomic E-state index is 0.221. The van der Waals surface area contributed by atoms with E-state index in [0.717, 1.165) is 43.5 Å². The molecular formula is C19H27N3O. The van der Waals surface area contributed by atoms with E-state index in [1.807, 2.05) is 12.3 Å². The fourth-order valence-electron chi connectivity index (χ4n) is 4.49. The summed E-state index contributed by atoms with van der Waals surface area (Å²) in [5.41, 5.74) is 3.68. The topological polar surface area (TPSA) is 41.1 Å². The van der Waals surface area contributed by atoms with Gasteiger partial charge in [0.05, 0.1) is 11.8 Å². The zero-order chi connectivity index (χ0) is 15.8. The highest BCUT2D eigenvalue weighted by Gasteiger charge is 2.27. The molecule has 2 saturated heterocycles. The first-order valence-electron chi connectivity index (χ1n) is 9.00. The van der Waals surface area contributed by atoms with Crippen LogP contribution in [0.1, 0.15) is 50.5 Å². The summed E-state index contributed by atoms with van der Waals surface area (Å²) >= 11 is 0. The monoisotopic (exact) mass is 313 g/mol. The number of nitrogens with one attached hydrogen (secondary N) is 1. The van der Waals surface area contributed by atoms with Gasteiger partial charge in [0.2, 0.25) is 0 Å². The second kappa shape index (κ2) is 6.25. The van der Waals surface area contributed by atoms with Crippen molar-refractivity contribution in [3.05, 3.63) is 29.6 Å². The molecule has 23 heavy (non-hydrogen) atoms. The second-order valence-corrected chi connectivity index (χ2v) is 7.56. The lowest BCUT2D eigenvalue weighted by atomic mass is 9.91. The van der Waals surface area contributed by atoms with Gasteiger partial charge in [-0.3, -0.25) is 4.90 Å². The number of hydrogen-bond donors (Lipinski definition) is 1. The number of rotatable bonds is 3. The molecule has 4 heterocycles. The average molecular weight is 313 g/mol. The van der Waals surface area contributed by atoms with Crippen molar-refractivity contribution < 1.29 is 4.74 Å². The number of aromatic amines is 1. The first kappa shape index (κ1) is 15.2. The summed E-state index contributed by atoms with van der Waals surface area (Å²) in [6.45, 7) is 9.03. The molecule has 0 radical (unpaired) electrons. The molecule has 4 heteroatoms. The summed E-state index contributed by atoms with van der Waals surface area (Å²) in [6.07, 6.45) is 5.72. The fraction of sp³-hybridized carbons (Fsp3) is 0.632. The molecule has 2 aliphatic heterocycles. The van der Waals surface area contributed by atoms with Gasteiger partial charge in [0.1, 0.15) is 5.65 Å². The van der Waals surface area contributed by atoms with Crippen LogP contribution in [0.25, 0.3) is 11.0 Å². The third-order valence-corrected chi connectivity index (χ3v) is 5.29. The number of likely N-dealkylation sites (tertiary alicyclic amines) is 1. The summed E-state index contributed by atoms with van der Waals surface area (Å²) in [5.74, 6) is 1.57. The molecule has 124 valence electrons. The predicted molar refractivity (Wildman–Crippen MR) is 92.2 cm³/mol. The van der Waals surface area contributed by atoms with Crippen LogP contribution in [0.2, 0.25) is 0 Å². The van der Waals surface area contributed by atoms with E-state index in [4.69, 9.17) is 4.74 Å². The van der Waals surface area contributed by atoms with Gasteiger partial charge in [-0.15, -0.1) is 0 Å². The van der Waals surface area contributed by atoms with E-state index in [0.29, 0.717) is 0 Å². The maximum atomic E-state index is 5.96. The van der Waals surface area contributed by atoms with Crippen molar-refractivity contribution in [1.29, 1.82) is 0 Å². The summed E-state index contributed by atoms with van der Waals surface area (Å²) in [7, 11) is 0. The van der Waals surface area contributed by atoms with Gasteiger partial charge in [-0.25, -0.2) is 4.98 Å². The minimum Gasteiger partial charge on any atom is -0.372 e. The Kier molecular flexibility index (Phi) is 4.12. The number of H-pyrrole nitrogens is 1. The van der Waals surface area contributed by atoms with E-state index in [1.165, 1.54) is 36.2 Å².